The van der Waals surface area contributed by atoms with E-state index >= 15 is 0 Å². The van der Waals surface area contributed by atoms with Crippen molar-refractivity contribution in [3.63, 3.8) is 0 Å². The lowest BCUT2D eigenvalue weighted by molar-refractivity contribution is 0.138. The lowest BCUT2D eigenvalue weighted by Gasteiger charge is -2.29. The molecule has 2 N–H and O–H groups in total. The molecule has 0 aliphatic rings. The van der Waals surface area contributed by atoms with Crippen molar-refractivity contribution in [1.82, 2.24) is 9.62 Å². The van der Waals surface area contributed by atoms with Crippen LogP contribution >= 0.6 is 0 Å². The van der Waals surface area contributed by atoms with Crippen molar-refractivity contribution in [2.45, 2.75) is 63.4 Å². The third-order valence-electron chi connectivity index (χ3n) is 5.56. The third kappa shape index (κ3) is 7.76. The van der Waals surface area contributed by atoms with E-state index in [4.69, 9.17) is 0 Å². The highest BCUT2D eigenvalue weighted by atomic mass is 32.2. The largest absolute Gasteiger partial charge is 0.390 e. The van der Waals surface area contributed by atoms with Crippen LogP contribution in [0.15, 0.2) is 53.4 Å². The number of aliphatic hydroxyl groups is 1. The van der Waals surface area contributed by atoms with Crippen LogP contribution in [0.5, 0.6) is 0 Å². The zero-order valence-electron chi connectivity index (χ0n) is 19.4. The second-order valence-corrected chi connectivity index (χ2v) is 10.9. The number of β-amino-alcohol motifs (C(OH)–C–C–N with tert-alkyl or cyclic N) is 1. The molecule has 169 valence electrons. The van der Waals surface area contributed by atoms with Crippen LogP contribution in [-0.2, 0) is 16.4 Å². The first-order valence-corrected chi connectivity index (χ1v) is 12.3. The SMILES string of the molecule is C[B]c1cc(C)ccc1S(=O)(=O)N(C)C[C@H](O)CNC(C)(C)CCCc1ccccc1. The number of nitrogens with zero attached hydrogens (tertiary/aromatic N) is 1. The molecule has 0 fully saturated rings. The summed E-state index contributed by atoms with van der Waals surface area (Å²) in [5.41, 5.74) is 2.87. The number of aryl methyl sites for hydroxylation is 2. The molecule has 7 heteroatoms. The van der Waals surface area contributed by atoms with E-state index in [1.807, 2.05) is 25.9 Å². The molecule has 31 heavy (non-hydrogen) atoms. The van der Waals surface area contributed by atoms with Gasteiger partial charge in [-0.25, -0.2) is 8.42 Å². The second-order valence-electron chi connectivity index (χ2n) is 8.87. The van der Waals surface area contributed by atoms with Gasteiger partial charge in [0.2, 0.25) is 10.0 Å². The first kappa shape index (κ1) is 25.6. The van der Waals surface area contributed by atoms with Crippen molar-refractivity contribution in [3.8, 4) is 0 Å². The van der Waals surface area contributed by atoms with Gasteiger partial charge >= 0.3 is 0 Å². The zero-order chi connectivity index (χ0) is 23.1. The first-order chi connectivity index (χ1) is 14.5. The molecule has 1 radical (unpaired) electrons. The van der Waals surface area contributed by atoms with Crippen LogP contribution in [0.2, 0.25) is 6.82 Å². The molecule has 0 aromatic heterocycles. The molecular formula is C24H36BN2O3S. The van der Waals surface area contributed by atoms with Gasteiger partial charge in [0.15, 0.2) is 0 Å². The zero-order valence-corrected chi connectivity index (χ0v) is 20.2. The number of likely N-dealkylation sites (N-methyl/N-ethyl adjacent to an activating group) is 1. The van der Waals surface area contributed by atoms with Crippen molar-refractivity contribution in [2.75, 3.05) is 20.1 Å². The molecule has 0 aliphatic heterocycles. The molecule has 2 aromatic carbocycles. The number of benzene rings is 2. The Balaban J connectivity index is 1.87. The number of aliphatic hydroxyl groups excluding tert-OH is 1. The van der Waals surface area contributed by atoms with E-state index in [1.165, 1.54) is 16.9 Å². The Morgan fingerprint density at radius 2 is 1.84 bits per heavy atom. The summed E-state index contributed by atoms with van der Waals surface area (Å²) in [5.74, 6) is 0. The maximum absolute atomic E-state index is 13.0. The van der Waals surface area contributed by atoms with Crippen LogP contribution in [0.3, 0.4) is 0 Å². The summed E-state index contributed by atoms with van der Waals surface area (Å²) in [4.78, 5) is 0.268. The number of hydrogen-bond donors (Lipinski definition) is 2. The van der Waals surface area contributed by atoms with E-state index in [0.29, 0.717) is 12.0 Å². The molecule has 5 nitrogen and oxygen atoms in total. The predicted octanol–water partition coefficient (Wildman–Crippen LogP) is 2.75. The monoisotopic (exact) mass is 443 g/mol. The summed E-state index contributed by atoms with van der Waals surface area (Å²) >= 11 is 0. The van der Waals surface area contributed by atoms with Crippen molar-refractivity contribution >= 4 is 22.8 Å². The van der Waals surface area contributed by atoms with Crippen LogP contribution in [0.25, 0.3) is 0 Å². The maximum Gasteiger partial charge on any atom is 0.242 e. The normalized spacial score (nSPS) is 13.4. The maximum atomic E-state index is 13.0. The van der Waals surface area contributed by atoms with Crippen LogP contribution in [-0.4, -0.2) is 56.9 Å². The lowest BCUT2D eigenvalue weighted by Crippen LogP contribution is -2.47. The third-order valence-corrected chi connectivity index (χ3v) is 7.46. The van der Waals surface area contributed by atoms with Gasteiger partial charge in [0, 0.05) is 25.7 Å². The Kier molecular flexibility index (Phi) is 9.31. The summed E-state index contributed by atoms with van der Waals surface area (Å²) < 4.78 is 27.3. The minimum Gasteiger partial charge on any atom is -0.390 e. The van der Waals surface area contributed by atoms with E-state index in [1.54, 1.807) is 19.4 Å². The van der Waals surface area contributed by atoms with E-state index in [0.717, 1.165) is 24.8 Å². The Morgan fingerprint density at radius 1 is 1.16 bits per heavy atom. The summed E-state index contributed by atoms with van der Waals surface area (Å²) in [5, 5.41) is 13.9. The minimum absolute atomic E-state index is 0.0342. The Labute approximate surface area is 189 Å². The van der Waals surface area contributed by atoms with Gasteiger partial charge in [-0.2, -0.15) is 4.31 Å². The Bertz CT molecular complexity index is 933. The van der Waals surface area contributed by atoms with E-state index in [-0.39, 0.29) is 17.0 Å². The van der Waals surface area contributed by atoms with Gasteiger partial charge in [-0.15, -0.1) is 0 Å². The number of nitrogens with one attached hydrogen (secondary N) is 1. The summed E-state index contributed by atoms with van der Waals surface area (Å²) in [7, 11) is -0.366. The summed E-state index contributed by atoms with van der Waals surface area (Å²) in [6.45, 7) is 8.35. The van der Waals surface area contributed by atoms with Gasteiger partial charge < -0.3 is 10.4 Å². The average molecular weight is 443 g/mol. The van der Waals surface area contributed by atoms with E-state index in [9.17, 15) is 13.5 Å². The fourth-order valence-corrected chi connectivity index (χ4v) is 5.04. The summed E-state index contributed by atoms with van der Waals surface area (Å²) in [6.07, 6.45) is 2.22. The molecular weight excluding hydrogens is 407 g/mol. The van der Waals surface area contributed by atoms with Crippen molar-refractivity contribution in [3.05, 3.63) is 59.7 Å². The minimum atomic E-state index is -3.68. The molecule has 0 saturated carbocycles. The van der Waals surface area contributed by atoms with Gasteiger partial charge in [-0.05, 0) is 51.7 Å². The first-order valence-electron chi connectivity index (χ1n) is 10.9. The lowest BCUT2D eigenvalue weighted by atomic mass is 9.73. The highest BCUT2D eigenvalue weighted by Gasteiger charge is 2.26. The van der Waals surface area contributed by atoms with Gasteiger partial charge in [0.1, 0.15) is 7.28 Å². The van der Waals surface area contributed by atoms with Gasteiger partial charge in [-0.1, -0.05) is 60.3 Å². The molecule has 0 aliphatic carbocycles. The molecule has 0 unspecified atom stereocenters. The topological polar surface area (TPSA) is 69.6 Å². The van der Waals surface area contributed by atoms with Gasteiger partial charge in [0.05, 0.1) is 11.0 Å². The Morgan fingerprint density at radius 3 is 2.48 bits per heavy atom. The fourth-order valence-electron chi connectivity index (χ4n) is 3.62. The van der Waals surface area contributed by atoms with Crippen molar-refractivity contribution < 1.29 is 13.5 Å². The number of hydrogen-bond acceptors (Lipinski definition) is 4. The number of sulfonamides is 1. The quantitative estimate of drug-likeness (QED) is 0.495. The van der Waals surface area contributed by atoms with Crippen molar-refractivity contribution in [1.29, 1.82) is 0 Å². The Hall–Kier alpha value is -1.67. The van der Waals surface area contributed by atoms with Crippen LogP contribution in [0.1, 0.15) is 37.8 Å². The smallest absolute Gasteiger partial charge is 0.242 e. The predicted molar refractivity (Wildman–Crippen MR) is 130 cm³/mol. The van der Waals surface area contributed by atoms with E-state index in [2.05, 4.69) is 43.4 Å². The molecule has 2 rings (SSSR count). The fraction of sp³-hybridized carbons (Fsp3) is 0.500. The molecule has 0 spiro atoms. The summed E-state index contributed by atoms with van der Waals surface area (Å²) in [6, 6.07) is 15.7. The molecule has 0 amide bonds. The second kappa shape index (κ2) is 11.3. The van der Waals surface area contributed by atoms with Crippen LogP contribution < -0.4 is 10.8 Å². The van der Waals surface area contributed by atoms with Gasteiger partial charge in [0.25, 0.3) is 0 Å². The van der Waals surface area contributed by atoms with Crippen molar-refractivity contribution in [2.24, 2.45) is 0 Å². The molecule has 0 saturated heterocycles. The van der Waals surface area contributed by atoms with Crippen LogP contribution in [0.4, 0.5) is 0 Å². The molecule has 0 bridgehead atoms. The van der Waals surface area contributed by atoms with E-state index < -0.39 is 16.1 Å². The molecule has 0 heterocycles. The molecule has 2 aromatic rings. The highest BCUT2D eigenvalue weighted by Crippen LogP contribution is 2.16. The van der Waals surface area contributed by atoms with Crippen LogP contribution in [0, 0.1) is 6.92 Å². The highest BCUT2D eigenvalue weighted by molar-refractivity contribution is 7.89. The number of rotatable bonds is 12. The standard InChI is InChI=1S/C24H36BN2O3S/c1-19-13-14-23(22(16-19)25-4)31(29,30)27(5)18-21(28)17-26-24(2,3)15-9-12-20-10-7-6-8-11-20/h6-8,10-11,13-14,16,21,26,28H,9,12,15,17-18H2,1-5H3/t21-/m1/s1. The van der Waals surface area contributed by atoms with Gasteiger partial charge in [-0.3, -0.25) is 0 Å². The average Bonchev–Trinajstić information content (AvgIpc) is 2.72. The molecule has 1 atom stereocenters.